The molecule has 3 aromatic carbocycles. The summed E-state index contributed by atoms with van der Waals surface area (Å²) in [7, 11) is 1.39. The Morgan fingerprint density at radius 2 is 1.84 bits per heavy atom. The molecule has 0 bridgehead atoms. The SMILES string of the molecule is COc1cc(/C=N\NC(=O)Cc2ccc(N)cc2)cc([N+](=O)[O-])c1OCc1ccccc1. The van der Waals surface area contributed by atoms with Crippen molar-refractivity contribution in [2.75, 3.05) is 12.8 Å². The second-order valence-electron chi connectivity index (χ2n) is 6.81. The lowest BCUT2D eigenvalue weighted by Crippen LogP contribution is -2.19. The summed E-state index contributed by atoms with van der Waals surface area (Å²) in [4.78, 5) is 23.1. The zero-order valence-corrected chi connectivity index (χ0v) is 17.4. The third-order valence-electron chi connectivity index (χ3n) is 4.45. The summed E-state index contributed by atoms with van der Waals surface area (Å²) >= 11 is 0. The van der Waals surface area contributed by atoms with Gasteiger partial charge in [0.25, 0.3) is 0 Å². The van der Waals surface area contributed by atoms with E-state index in [0.717, 1.165) is 11.1 Å². The van der Waals surface area contributed by atoms with Crippen molar-refractivity contribution in [3.63, 3.8) is 0 Å². The molecule has 0 aliphatic carbocycles. The van der Waals surface area contributed by atoms with Crippen LogP contribution in [0.15, 0.2) is 71.8 Å². The summed E-state index contributed by atoms with van der Waals surface area (Å²) in [6.45, 7) is 0.146. The van der Waals surface area contributed by atoms with Gasteiger partial charge in [0.15, 0.2) is 5.75 Å². The standard InChI is InChI=1S/C23H22N4O5/c1-31-21-12-18(14-25-26-22(28)13-16-7-9-19(24)10-8-16)11-20(27(29)30)23(21)32-15-17-5-3-2-4-6-17/h2-12,14H,13,15,24H2,1H3,(H,26,28)/b25-14-. The van der Waals surface area contributed by atoms with Crippen molar-refractivity contribution in [2.24, 2.45) is 5.10 Å². The summed E-state index contributed by atoms with van der Waals surface area (Å²) in [5.74, 6) is -0.133. The number of anilines is 1. The number of nitrogens with two attached hydrogens (primary N) is 1. The average molecular weight is 434 g/mol. The van der Waals surface area contributed by atoms with Crippen molar-refractivity contribution >= 4 is 23.5 Å². The van der Waals surface area contributed by atoms with E-state index < -0.39 is 4.92 Å². The van der Waals surface area contributed by atoms with Crippen LogP contribution in [0.3, 0.4) is 0 Å². The van der Waals surface area contributed by atoms with Gasteiger partial charge in [-0.2, -0.15) is 5.10 Å². The number of hydrogen-bond donors (Lipinski definition) is 2. The molecule has 3 rings (SSSR count). The fourth-order valence-electron chi connectivity index (χ4n) is 2.88. The molecule has 0 aliphatic heterocycles. The maximum absolute atomic E-state index is 12.1. The Hall–Kier alpha value is -4.40. The summed E-state index contributed by atoms with van der Waals surface area (Å²) < 4.78 is 11.0. The number of nitro benzene ring substituents is 1. The van der Waals surface area contributed by atoms with Crippen LogP contribution in [-0.4, -0.2) is 24.2 Å². The van der Waals surface area contributed by atoms with E-state index in [1.165, 1.54) is 19.4 Å². The van der Waals surface area contributed by atoms with E-state index in [4.69, 9.17) is 15.2 Å². The molecule has 0 radical (unpaired) electrons. The molecule has 0 aromatic heterocycles. The highest BCUT2D eigenvalue weighted by molar-refractivity contribution is 5.85. The van der Waals surface area contributed by atoms with Crippen molar-refractivity contribution in [1.29, 1.82) is 0 Å². The zero-order chi connectivity index (χ0) is 22.9. The van der Waals surface area contributed by atoms with Gasteiger partial charge in [-0.3, -0.25) is 14.9 Å². The molecule has 0 unspecified atom stereocenters. The maximum atomic E-state index is 12.1. The van der Waals surface area contributed by atoms with E-state index in [9.17, 15) is 14.9 Å². The number of benzene rings is 3. The van der Waals surface area contributed by atoms with Crippen LogP contribution in [0.2, 0.25) is 0 Å². The number of carbonyl (C=O) groups excluding carboxylic acids is 1. The normalized spacial score (nSPS) is 10.7. The van der Waals surface area contributed by atoms with Gasteiger partial charge >= 0.3 is 5.69 Å². The number of rotatable bonds is 9. The van der Waals surface area contributed by atoms with Gasteiger partial charge < -0.3 is 15.2 Å². The lowest BCUT2D eigenvalue weighted by Gasteiger charge is -2.12. The first-order valence-corrected chi connectivity index (χ1v) is 9.65. The van der Waals surface area contributed by atoms with Crippen molar-refractivity contribution in [2.45, 2.75) is 13.0 Å². The number of methoxy groups -OCH3 is 1. The highest BCUT2D eigenvalue weighted by atomic mass is 16.6. The van der Waals surface area contributed by atoms with Gasteiger partial charge in [-0.1, -0.05) is 42.5 Å². The number of nitrogens with one attached hydrogen (secondary N) is 1. The number of hydrazone groups is 1. The predicted octanol–water partition coefficient (Wildman–Crippen LogP) is 3.46. The number of nitrogen functional groups attached to an aromatic ring is 1. The van der Waals surface area contributed by atoms with Crippen LogP contribution in [0.4, 0.5) is 11.4 Å². The molecule has 32 heavy (non-hydrogen) atoms. The van der Waals surface area contributed by atoms with E-state index in [-0.39, 0.29) is 36.1 Å². The Bertz CT molecular complexity index is 1120. The summed E-state index contributed by atoms with van der Waals surface area (Å²) in [5.41, 5.74) is 10.4. The minimum absolute atomic E-state index is 0.0193. The second-order valence-corrected chi connectivity index (χ2v) is 6.81. The molecule has 0 saturated heterocycles. The third-order valence-corrected chi connectivity index (χ3v) is 4.45. The smallest absolute Gasteiger partial charge is 0.315 e. The lowest BCUT2D eigenvalue weighted by atomic mass is 10.1. The zero-order valence-electron chi connectivity index (χ0n) is 17.4. The number of nitro groups is 1. The largest absolute Gasteiger partial charge is 0.493 e. The minimum atomic E-state index is -0.556. The summed E-state index contributed by atoms with van der Waals surface area (Å²) in [6, 6.07) is 19.0. The Morgan fingerprint density at radius 3 is 2.50 bits per heavy atom. The fourth-order valence-corrected chi connectivity index (χ4v) is 2.88. The van der Waals surface area contributed by atoms with Crippen molar-refractivity contribution < 1.29 is 19.2 Å². The molecule has 1 amide bonds. The minimum Gasteiger partial charge on any atom is -0.493 e. The highest BCUT2D eigenvalue weighted by Gasteiger charge is 2.22. The molecule has 164 valence electrons. The third kappa shape index (κ3) is 6.05. The van der Waals surface area contributed by atoms with Crippen LogP contribution in [-0.2, 0) is 17.8 Å². The summed E-state index contributed by atoms with van der Waals surface area (Å²) in [6.07, 6.45) is 1.42. The first-order chi connectivity index (χ1) is 15.5. The van der Waals surface area contributed by atoms with Crippen LogP contribution < -0.4 is 20.6 Å². The first kappa shape index (κ1) is 22.3. The van der Waals surface area contributed by atoms with Crippen molar-refractivity contribution in [3.8, 4) is 11.5 Å². The van der Waals surface area contributed by atoms with Crippen molar-refractivity contribution in [1.82, 2.24) is 5.43 Å². The van der Waals surface area contributed by atoms with E-state index in [1.54, 1.807) is 30.3 Å². The van der Waals surface area contributed by atoms with E-state index in [0.29, 0.717) is 11.3 Å². The topological polar surface area (TPSA) is 129 Å². The van der Waals surface area contributed by atoms with Crippen LogP contribution >= 0.6 is 0 Å². The number of amides is 1. The Balaban J connectivity index is 1.72. The molecule has 0 fully saturated rings. The molecule has 0 spiro atoms. The Labute approximate surface area is 184 Å². The van der Waals surface area contributed by atoms with Crippen LogP contribution in [0.25, 0.3) is 0 Å². The quantitative estimate of drug-likeness (QED) is 0.230. The van der Waals surface area contributed by atoms with Crippen LogP contribution in [0.5, 0.6) is 11.5 Å². The molecular weight excluding hydrogens is 412 g/mol. The average Bonchev–Trinajstić information content (AvgIpc) is 2.79. The number of carbonyl (C=O) groups is 1. The van der Waals surface area contributed by atoms with Crippen LogP contribution in [0, 0.1) is 10.1 Å². The van der Waals surface area contributed by atoms with Gasteiger partial charge in [0.05, 0.1) is 24.7 Å². The molecule has 3 N–H and O–H groups in total. The predicted molar refractivity (Wildman–Crippen MR) is 121 cm³/mol. The lowest BCUT2D eigenvalue weighted by molar-refractivity contribution is -0.386. The highest BCUT2D eigenvalue weighted by Crippen LogP contribution is 2.38. The van der Waals surface area contributed by atoms with E-state index >= 15 is 0 Å². The van der Waals surface area contributed by atoms with Gasteiger partial charge in [0, 0.05) is 17.3 Å². The second kappa shape index (κ2) is 10.6. The summed E-state index contributed by atoms with van der Waals surface area (Å²) in [5, 5.41) is 15.5. The Morgan fingerprint density at radius 1 is 1.12 bits per heavy atom. The molecule has 9 nitrogen and oxygen atoms in total. The van der Waals surface area contributed by atoms with Gasteiger partial charge in [0.2, 0.25) is 11.7 Å². The number of nitrogens with zero attached hydrogens (tertiary/aromatic N) is 2. The fraction of sp³-hybridized carbons (Fsp3) is 0.130. The van der Waals surface area contributed by atoms with Gasteiger partial charge in [-0.05, 0) is 29.3 Å². The van der Waals surface area contributed by atoms with Crippen molar-refractivity contribution in [3.05, 3.63) is 93.5 Å². The number of hydrogen-bond acceptors (Lipinski definition) is 7. The molecule has 0 saturated carbocycles. The molecule has 0 heterocycles. The molecular formula is C23H22N4O5. The molecule has 9 heteroatoms. The van der Waals surface area contributed by atoms with Gasteiger partial charge in [-0.25, -0.2) is 5.43 Å². The maximum Gasteiger partial charge on any atom is 0.315 e. The van der Waals surface area contributed by atoms with Gasteiger partial charge in [-0.15, -0.1) is 0 Å². The monoisotopic (exact) mass is 434 g/mol. The first-order valence-electron chi connectivity index (χ1n) is 9.65. The molecule has 3 aromatic rings. The van der Waals surface area contributed by atoms with E-state index in [1.807, 2.05) is 30.3 Å². The van der Waals surface area contributed by atoms with E-state index in [2.05, 4.69) is 10.5 Å². The number of ether oxygens (including phenoxy) is 2. The molecule has 0 aliphatic rings. The van der Waals surface area contributed by atoms with Gasteiger partial charge in [0.1, 0.15) is 6.61 Å². The van der Waals surface area contributed by atoms with Crippen LogP contribution in [0.1, 0.15) is 16.7 Å². The Kier molecular flexibility index (Phi) is 7.37. The molecule has 0 atom stereocenters.